The van der Waals surface area contributed by atoms with Crippen molar-refractivity contribution >= 4 is 12.0 Å². The van der Waals surface area contributed by atoms with E-state index in [-0.39, 0.29) is 11.9 Å². The average molecular weight is 268 g/mol. The minimum Gasteiger partial charge on any atom is -0.481 e. The Kier molecular flexibility index (Phi) is 4.02. The van der Waals surface area contributed by atoms with E-state index < -0.39 is 5.97 Å². The van der Waals surface area contributed by atoms with Crippen LogP contribution in [0, 0.1) is 11.3 Å². The zero-order chi connectivity index (χ0) is 14.0. The van der Waals surface area contributed by atoms with Crippen LogP contribution in [0.25, 0.3) is 0 Å². The van der Waals surface area contributed by atoms with E-state index in [2.05, 4.69) is 13.8 Å². The van der Waals surface area contributed by atoms with Gasteiger partial charge in [-0.1, -0.05) is 26.7 Å². The second kappa shape index (κ2) is 5.39. The van der Waals surface area contributed by atoms with Crippen LogP contribution in [-0.2, 0) is 4.79 Å². The first-order valence-corrected chi connectivity index (χ1v) is 7.28. The van der Waals surface area contributed by atoms with E-state index in [4.69, 9.17) is 5.11 Å². The zero-order valence-electron chi connectivity index (χ0n) is 11.9. The van der Waals surface area contributed by atoms with Crippen molar-refractivity contribution < 1.29 is 14.7 Å². The van der Waals surface area contributed by atoms with E-state index in [1.165, 1.54) is 12.8 Å². The molecule has 2 saturated heterocycles. The average Bonchev–Trinajstić information content (AvgIpc) is 2.36. The topological polar surface area (TPSA) is 60.9 Å². The predicted molar refractivity (Wildman–Crippen MR) is 71.9 cm³/mol. The highest BCUT2D eigenvalue weighted by molar-refractivity contribution is 5.79. The number of aliphatic carboxylic acids is 1. The molecule has 2 rings (SSSR count). The minimum absolute atomic E-state index is 0.0262. The van der Waals surface area contributed by atoms with Crippen LogP contribution in [0.3, 0.4) is 0 Å². The highest BCUT2D eigenvalue weighted by Crippen LogP contribution is 2.38. The fraction of sp³-hybridized carbons (Fsp3) is 0.857. The summed E-state index contributed by atoms with van der Waals surface area (Å²) in [5, 5.41) is 8.82. The van der Waals surface area contributed by atoms with Crippen molar-refractivity contribution in [3.63, 3.8) is 0 Å². The van der Waals surface area contributed by atoms with Gasteiger partial charge >= 0.3 is 12.0 Å². The molecule has 0 aromatic carbocycles. The van der Waals surface area contributed by atoms with Crippen molar-refractivity contribution in [2.75, 3.05) is 26.2 Å². The predicted octanol–water partition coefficient (Wildman–Crippen LogP) is 2.03. The number of carbonyl (C=O) groups is 2. The highest BCUT2D eigenvalue weighted by atomic mass is 16.4. The number of amides is 2. The molecular weight excluding hydrogens is 244 g/mol. The molecule has 2 aliphatic rings. The first-order chi connectivity index (χ1) is 9.01. The van der Waals surface area contributed by atoms with Crippen molar-refractivity contribution in [2.24, 2.45) is 11.3 Å². The van der Waals surface area contributed by atoms with Gasteiger partial charge in [-0.2, -0.15) is 0 Å². The molecule has 0 radical (unpaired) electrons. The van der Waals surface area contributed by atoms with Gasteiger partial charge in [0.15, 0.2) is 0 Å². The Balaban J connectivity index is 1.82. The maximum Gasteiger partial charge on any atom is 0.320 e. The molecule has 19 heavy (non-hydrogen) atoms. The van der Waals surface area contributed by atoms with Gasteiger partial charge in [-0.05, 0) is 18.3 Å². The molecule has 1 N–H and O–H groups in total. The number of likely N-dealkylation sites (tertiary alicyclic amines) is 2. The van der Waals surface area contributed by atoms with Crippen molar-refractivity contribution in [1.82, 2.24) is 9.80 Å². The summed E-state index contributed by atoms with van der Waals surface area (Å²) < 4.78 is 0. The third-order valence-corrected chi connectivity index (χ3v) is 5.10. The molecule has 0 bridgehead atoms. The number of carboxylic acids is 1. The second-order valence-electron chi connectivity index (χ2n) is 5.92. The maximum atomic E-state index is 12.2. The number of rotatable bonds is 3. The Morgan fingerprint density at radius 2 is 1.63 bits per heavy atom. The summed E-state index contributed by atoms with van der Waals surface area (Å²) >= 11 is 0. The third kappa shape index (κ3) is 2.69. The van der Waals surface area contributed by atoms with Crippen molar-refractivity contribution in [2.45, 2.75) is 39.5 Å². The van der Waals surface area contributed by atoms with E-state index in [1.54, 1.807) is 4.90 Å². The largest absolute Gasteiger partial charge is 0.481 e. The van der Waals surface area contributed by atoms with Crippen LogP contribution in [-0.4, -0.2) is 53.1 Å². The maximum absolute atomic E-state index is 12.2. The fourth-order valence-electron chi connectivity index (χ4n) is 3.12. The molecule has 108 valence electrons. The van der Waals surface area contributed by atoms with Gasteiger partial charge < -0.3 is 14.9 Å². The van der Waals surface area contributed by atoms with Crippen LogP contribution in [0.4, 0.5) is 4.79 Å². The smallest absolute Gasteiger partial charge is 0.320 e. The SMILES string of the molecule is CCC1(CC)CCN(C(=O)N2CC(C(=O)O)C2)CC1. The van der Waals surface area contributed by atoms with Crippen molar-refractivity contribution in [1.29, 1.82) is 0 Å². The Morgan fingerprint density at radius 3 is 2.05 bits per heavy atom. The van der Waals surface area contributed by atoms with Gasteiger partial charge in [0.05, 0.1) is 5.92 Å². The number of carboxylic acid groups (broad SMARTS) is 1. The van der Waals surface area contributed by atoms with Crippen LogP contribution >= 0.6 is 0 Å². The van der Waals surface area contributed by atoms with Gasteiger partial charge in [-0.3, -0.25) is 4.79 Å². The number of hydrogen-bond donors (Lipinski definition) is 1. The van der Waals surface area contributed by atoms with Gasteiger partial charge in [0, 0.05) is 26.2 Å². The van der Waals surface area contributed by atoms with Crippen LogP contribution < -0.4 is 0 Å². The van der Waals surface area contributed by atoms with Crippen LogP contribution in [0.5, 0.6) is 0 Å². The molecule has 5 heteroatoms. The molecule has 2 amide bonds. The lowest BCUT2D eigenvalue weighted by Crippen LogP contribution is -2.58. The van der Waals surface area contributed by atoms with Gasteiger partial charge in [0.2, 0.25) is 0 Å². The summed E-state index contributed by atoms with van der Waals surface area (Å²) in [7, 11) is 0. The molecule has 0 saturated carbocycles. The van der Waals surface area contributed by atoms with Crippen molar-refractivity contribution in [3.05, 3.63) is 0 Å². The summed E-state index contributed by atoms with van der Waals surface area (Å²) in [5.74, 6) is -1.15. The first kappa shape index (κ1) is 14.2. The molecule has 2 fully saturated rings. The number of piperidine rings is 1. The quantitative estimate of drug-likeness (QED) is 0.852. The summed E-state index contributed by atoms with van der Waals surface area (Å²) in [4.78, 5) is 26.5. The first-order valence-electron chi connectivity index (χ1n) is 7.28. The zero-order valence-corrected chi connectivity index (χ0v) is 11.9. The van der Waals surface area contributed by atoms with Gasteiger partial charge in [-0.15, -0.1) is 0 Å². The molecule has 0 atom stereocenters. The molecule has 2 heterocycles. The monoisotopic (exact) mass is 268 g/mol. The molecule has 0 aliphatic carbocycles. The standard InChI is InChI=1S/C14H24N2O3/c1-3-14(4-2)5-7-15(8-6-14)13(19)16-9-11(10-16)12(17)18/h11H,3-10H2,1-2H3,(H,17,18). The number of nitrogens with zero attached hydrogens (tertiary/aromatic N) is 2. The fourth-order valence-corrected chi connectivity index (χ4v) is 3.12. The highest BCUT2D eigenvalue weighted by Gasteiger charge is 2.40. The lowest BCUT2D eigenvalue weighted by atomic mass is 9.74. The molecular formula is C14H24N2O3. The van der Waals surface area contributed by atoms with Crippen molar-refractivity contribution in [3.8, 4) is 0 Å². The molecule has 5 nitrogen and oxygen atoms in total. The lowest BCUT2D eigenvalue weighted by molar-refractivity contribution is -0.146. The van der Waals surface area contributed by atoms with E-state index in [0.29, 0.717) is 18.5 Å². The van der Waals surface area contributed by atoms with E-state index in [9.17, 15) is 9.59 Å². The van der Waals surface area contributed by atoms with Gasteiger partial charge in [0.1, 0.15) is 0 Å². The second-order valence-corrected chi connectivity index (χ2v) is 5.92. The van der Waals surface area contributed by atoms with Gasteiger partial charge in [0.25, 0.3) is 0 Å². The molecule has 0 aromatic heterocycles. The van der Waals surface area contributed by atoms with E-state index in [0.717, 1.165) is 25.9 Å². The van der Waals surface area contributed by atoms with E-state index >= 15 is 0 Å². The molecule has 2 aliphatic heterocycles. The Labute approximate surface area is 114 Å². The Bertz CT molecular complexity index is 350. The Morgan fingerprint density at radius 1 is 1.11 bits per heavy atom. The van der Waals surface area contributed by atoms with Crippen LogP contribution in [0.15, 0.2) is 0 Å². The van der Waals surface area contributed by atoms with Gasteiger partial charge in [-0.25, -0.2) is 4.79 Å². The molecule has 0 aromatic rings. The summed E-state index contributed by atoms with van der Waals surface area (Å²) in [6.45, 7) is 6.83. The summed E-state index contributed by atoms with van der Waals surface area (Å²) in [5.41, 5.74) is 0.412. The number of urea groups is 1. The summed E-state index contributed by atoms with van der Waals surface area (Å²) in [6, 6.07) is 0.0262. The van der Waals surface area contributed by atoms with Crippen LogP contribution in [0.1, 0.15) is 39.5 Å². The third-order valence-electron chi connectivity index (χ3n) is 5.10. The number of hydrogen-bond acceptors (Lipinski definition) is 2. The minimum atomic E-state index is -0.793. The Hall–Kier alpha value is -1.26. The summed E-state index contributed by atoms with van der Waals surface area (Å²) in [6.07, 6.45) is 4.50. The normalized spacial score (nSPS) is 23.1. The lowest BCUT2D eigenvalue weighted by Gasteiger charge is -2.45. The van der Waals surface area contributed by atoms with Crippen LogP contribution in [0.2, 0.25) is 0 Å². The molecule has 0 unspecified atom stereocenters. The number of carbonyl (C=O) groups excluding carboxylic acids is 1. The molecule has 0 spiro atoms. The van der Waals surface area contributed by atoms with E-state index in [1.807, 2.05) is 4.90 Å².